The van der Waals surface area contributed by atoms with Crippen molar-refractivity contribution in [2.45, 2.75) is 64.2 Å². The van der Waals surface area contributed by atoms with E-state index in [1.807, 2.05) is 20.8 Å². The second-order valence-electron chi connectivity index (χ2n) is 5.37. The maximum absolute atomic E-state index is 11.5. The van der Waals surface area contributed by atoms with Crippen LogP contribution in [0.1, 0.15) is 46.5 Å². The summed E-state index contributed by atoms with van der Waals surface area (Å²) in [6.07, 6.45) is 4.03. The first-order valence-corrected chi connectivity index (χ1v) is 5.93. The lowest BCUT2D eigenvalue weighted by Crippen LogP contribution is -2.42. The molecule has 1 aliphatic carbocycles. The normalized spacial score (nSPS) is 26.2. The van der Waals surface area contributed by atoms with Crippen LogP contribution in [-0.2, 0) is 9.47 Å². The van der Waals surface area contributed by atoms with E-state index < -0.39 is 5.60 Å². The zero-order chi connectivity index (χ0) is 12.2. The molecule has 0 bridgehead atoms. The Kier molecular flexibility index (Phi) is 4.59. The maximum atomic E-state index is 11.5. The van der Waals surface area contributed by atoms with Gasteiger partial charge < -0.3 is 14.8 Å². The fourth-order valence-electron chi connectivity index (χ4n) is 1.96. The van der Waals surface area contributed by atoms with Crippen LogP contribution in [0.2, 0.25) is 0 Å². The van der Waals surface area contributed by atoms with Gasteiger partial charge in [0.1, 0.15) is 5.60 Å². The molecule has 4 nitrogen and oxygen atoms in total. The van der Waals surface area contributed by atoms with Gasteiger partial charge in [0.15, 0.2) is 0 Å². The molecule has 0 spiro atoms. The van der Waals surface area contributed by atoms with Crippen molar-refractivity contribution in [2.75, 3.05) is 7.11 Å². The molecule has 2 unspecified atom stereocenters. The Morgan fingerprint density at radius 1 is 1.31 bits per heavy atom. The number of carbonyl (C=O) groups is 1. The molecule has 0 saturated heterocycles. The molecule has 16 heavy (non-hydrogen) atoms. The summed E-state index contributed by atoms with van der Waals surface area (Å²) in [5.74, 6) is 0. The van der Waals surface area contributed by atoms with Crippen molar-refractivity contribution in [3.8, 4) is 0 Å². The van der Waals surface area contributed by atoms with Crippen molar-refractivity contribution in [2.24, 2.45) is 0 Å². The minimum absolute atomic E-state index is 0.188. The zero-order valence-corrected chi connectivity index (χ0v) is 10.7. The van der Waals surface area contributed by atoms with Crippen LogP contribution in [-0.4, -0.2) is 30.9 Å². The SMILES string of the molecule is COC1CCCC(NC(=O)OC(C)(C)C)C1. The van der Waals surface area contributed by atoms with Crippen molar-refractivity contribution in [3.63, 3.8) is 0 Å². The maximum Gasteiger partial charge on any atom is 0.407 e. The van der Waals surface area contributed by atoms with Crippen LogP contribution < -0.4 is 5.32 Å². The molecule has 1 saturated carbocycles. The average Bonchev–Trinajstić information content (AvgIpc) is 2.15. The van der Waals surface area contributed by atoms with E-state index in [1.165, 1.54) is 0 Å². The van der Waals surface area contributed by atoms with Gasteiger partial charge in [-0.2, -0.15) is 0 Å². The third-order valence-electron chi connectivity index (χ3n) is 2.68. The highest BCUT2D eigenvalue weighted by Gasteiger charge is 2.25. The van der Waals surface area contributed by atoms with Gasteiger partial charge in [-0.15, -0.1) is 0 Å². The van der Waals surface area contributed by atoms with E-state index in [-0.39, 0.29) is 18.2 Å². The lowest BCUT2D eigenvalue weighted by Gasteiger charge is -2.29. The third-order valence-corrected chi connectivity index (χ3v) is 2.68. The fraction of sp³-hybridized carbons (Fsp3) is 0.917. The summed E-state index contributed by atoms with van der Waals surface area (Å²) in [7, 11) is 1.72. The molecule has 0 heterocycles. The summed E-state index contributed by atoms with van der Waals surface area (Å²) in [5.41, 5.74) is -0.431. The Hall–Kier alpha value is -0.770. The van der Waals surface area contributed by atoms with Crippen molar-refractivity contribution in [3.05, 3.63) is 0 Å². The molecule has 2 atom stereocenters. The first-order chi connectivity index (χ1) is 7.40. The molecular formula is C12H23NO3. The number of nitrogens with one attached hydrogen (secondary N) is 1. The minimum Gasteiger partial charge on any atom is -0.444 e. The molecule has 1 N–H and O–H groups in total. The number of rotatable bonds is 2. The molecular weight excluding hydrogens is 206 g/mol. The largest absolute Gasteiger partial charge is 0.444 e. The van der Waals surface area contributed by atoms with E-state index in [0.29, 0.717) is 0 Å². The standard InChI is InChI=1S/C12H23NO3/c1-12(2,3)16-11(14)13-9-6-5-7-10(8-9)15-4/h9-10H,5-8H2,1-4H3,(H,13,14). The molecule has 0 aliphatic heterocycles. The van der Waals surface area contributed by atoms with Gasteiger partial charge >= 0.3 is 6.09 Å². The van der Waals surface area contributed by atoms with Crippen molar-refractivity contribution >= 4 is 6.09 Å². The number of carbonyl (C=O) groups excluding carboxylic acids is 1. The topological polar surface area (TPSA) is 47.6 Å². The predicted molar refractivity (Wildman–Crippen MR) is 62.4 cm³/mol. The first kappa shape index (κ1) is 13.3. The highest BCUT2D eigenvalue weighted by atomic mass is 16.6. The van der Waals surface area contributed by atoms with Gasteiger partial charge in [-0.25, -0.2) is 4.79 Å². The number of ether oxygens (including phenoxy) is 2. The van der Waals surface area contributed by atoms with Gasteiger partial charge in [0.05, 0.1) is 6.10 Å². The molecule has 1 amide bonds. The van der Waals surface area contributed by atoms with Crippen LogP contribution in [0.25, 0.3) is 0 Å². The van der Waals surface area contributed by atoms with E-state index >= 15 is 0 Å². The summed E-state index contributed by atoms with van der Waals surface area (Å²) in [4.78, 5) is 11.5. The predicted octanol–water partition coefficient (Wildman–Crippen LogP) is 2.47. The van der Waals surface area contributed by atoms with E-state index in [2.05, 4.69) is 5.32 Å². The number of hydrogen-bond donors (Lipinski definition) is 1. The van der Waals surface area contributed by atoms with Gasteiger partial charge in [-0.3, -0.25) is 0 Å². The number of hydrogen-bond acceptors (Lipinski definition) is 3. The monoisotopic (exact) mass is 229 g/mol. The lowest BCUT2D eigenvalue weighted by molar-refractivity contribution is 0.0371. The van der Waals surface area contributed by atoms with Gasteiger partial charge in [0.25, 0.3) is 0 Å². The second-order valence-corrected chi connectivity index (χ2v) is 5.37. The van der Waals surface area contributed by atoms with Crippen LogP contribution in [0, 0.1) is 0 Å². The number of methoxy groups -OCH3 is 1. The quantitative estimate of drug-likeness (QED) is 0.791. The summed E-state index contributed by atoms with van der Waals surface area (Å²) in [6.45, 7) is 5.60. The van der Waals surface area contributed by atoms with Crippen LogP contribution in [0.4, 0.5) is 4.79 Å². The minimum atomic E-state index is -0.431. The van der Waals surface area contributed by atoms with E-state index in [9.17, 15) is 4.79 Å². The number of amides is 1. The Balaban J connectivity index is 2.33. The van der Waals surface area contributed by atoms with Gasteiger partial charge in [-0.1, -0.05) is 0 Å². The summed E-state index contributed by atoms with van der Waals surface area (Å²) >= 11 is 0. The Labute approximate surface area is 97.7 Å². The molecule has 0 aromatic carbocycles. The summed E-state index contributed by atoms with van der Waals surface area (Å²) in [6, 6.07) is 0.188. The van der Waals surface area contributed by atoms with E-state index in [1.54, 1.807) is 7.11 Å². The Bertz CT molecular complexity index is 235. The molecule has 94 valence electrons. The van der Waals surface area contributed by atoms with Crippen LogP contribution in [0.3, 0.4) is 0 Å². The molecule has 4 heteroatoms. The van der Waals surface area contributed by atoms with Crippen molar-refractivity contribution < 1.29 is 14.3 Å². The Morgan fingerprint density at radius 2 is 2.00 bits per heavy atom. The second kappa shape index (κ2) is 5.53. The summed E-state index contributed by atoms with van der Waals surface area (Å²) < 4.78 is 10.5. The third kappa shape index (κ3) is 4.84. The van der Waals surface area contributed by atoms with Crippen molar-refractivity contribution in [1.82, 2.24) is 5.32 Å². The Morgan fingerprint density at radius 3 is 2.56 bits per heavy atom. The highest BCUT2D eigenvalue weighted by Crippen LogP contribution is 2.21. The molecule has 1 rings (SSSR count). The smallest absolute Gasteiger partial charge is 0.407 e. The van der Waals surface area contributed by atoms with E-state index in [0.717, 1.165) is 25.7 Å². The zero-order valence-electron chi connectivity index (χ0n) is 10.7. The van der Waals surface area contributed by atoms with Gasteiger partial charge in [0, 0.05) is 13.2 Å². The molecule has 0 aromatic rings. The molecule has 1 fully saturated rings. The molecule has 1 aliphatic rings. The average molecular weight is 229 g/mol. The van der Waals surface area contributed by atoms with Gasteiger partial charge in [0.2, 0.25) is 0 Å². The number of alkyl carbamates (subject to hydrolysis) is 1. The van der Waals surface area contributed by atoms with Crippen LogP contribution in [0.15, 0.2) is 0 Å². The fourth-order valence-corrected chi connectivity index (χ4v) is 1.96. The summed E-state index contributed by atoms with van der Waals surface area (Å²) in [5, 5.41) is 2.90. The molecule has 0 aromatic heterocycles. The first-order valence-electron chi connectivity index (χ1n) is 5.93. The lowest BCUT2D eigenvalue weighted by atomic mass is 9.93. The van der Waals surface area contributed by atoms with E-state index in [4.69, 9.17) is 9.47 Å². The van der Waals surface area contributed by atoms with Gasteiger partial charge in [-0.05, 0) is 46.5 Å². The van der Waals surface area contributed by atoms with Crippen molar-refractivity contribution in [1.29, 1.82) is 0 Å². The molecule has 0 radical (unpaired) electrons. The van der Waals surface area contributed by atoms with Crippen LogP contribution >= 0.6 is 0 Å². The van der Waals surface area contributed by atoms with Crippen LogP contribution in [0.5, 0.6) is 0 Å². The highest BCUT2D eigenvalue weighted by molar-refractivity contribution is 5.68.